The molecular formula is C23H29ClN2O2. The highest BCUT2D eigenvalue weighted by Gasteiger charge is 2.26. The number of aryl methyl sites for hydroxylation is 1. The Bertz CT molecular complexity index is 805. The van der Waals surface area contributed by atoms with Crippen molar-refractivity contribution in [3.8, 4) is 0 Å². The summed E-state index contributed by atoms with van der Waals surface area (Å²) < 4.78 is 0. The molecule has 0 aromatic heterocycles. The van der Waals surface area contributed by atoms with Crippen LogP contribution in [0.5, 0.6) is 0 Å². The molecule has 5 heteroatoms. The van der Waals surface area contributed by atoms with E-state index in [1.807, 2.05) is 63.2 Å². The second-order valence-corrected chi connectivity index (χ2v) is 7.74. The summed E-state index contributed by atoms with van der Waals surface area (Å²) in [5.41, 5.74) is 2.97. The average molecular weight is 401 g/mol. The molecule has 0 aliphatic carbocycles. The first-order chi connectivity index (χ1) is 13.3. The van der Waals surface area contributed by atoms with Gasteiger partial charge >= 0.3 is 0 Å². The van der Waals surface area contributed by atoms with Gasteiger partial charge < -0.3 is 10.2 Å². The van der Waals surface area contributed by atoms with Crippen LogP contribution in [-0.2, 0) is 22.6 Å². The SMILES string of the molecule is CC[C@H](C)NC(=O)[C@H](C)N(Cc1cccc(Cl)c1)C(=O)Cc1ccc(C)cc1. The minimum atomic E-state index is -0.578. The van der Waals surface area contributed by atoms with Gasteiger partial charge in [0, 0.05) is 17.6 Å². The van der Waals surface area contributed by atoms with Crippen LogP contribution in [0, 0.1) is 6.92 Å². The third kappa shape index (κ3) is 6.38. The molecule has 28 heavy (non-hydrogen) atoms. The smallest absolute Gasteiger partial charge is 0.242 e. The molecule has 0 spiro atoms. The number of hydrogen-bond donors (Lipinski definition) is 1. The van der Waals surface area contributed by atoms with Gasteiger partial charge in [0.15, 0.2) is 0 Å². The topological polar surface area (TPSA) is 49.4 Å². The molecule has 2 aromatic rings. The van der Waals surface area contributed by atoms with Crippen molar-refractivity contribution in [1.29, 1.82) is 0 Å². The standard InChI is InChI=1S/C23H29ClN2O2/c1-5-17(3)25-23(28)18(4)26(15-20-7-6-8-21(24)13-20)22(27)14-19-11-9-16(2)10-12-19/h6-13,17-18H,5,14-15H2,1-4H3,(H,25,28)/t17-,18-/m0/s1. The van der Waals surface area contributed by atoms with Crippen molar-refractivity contribution in [1.82, 2.24) is 10.2 Å². The number of hydrogen-bond acceptors (Lipinski definition) is 2. The number of nitrogens with one attached hydrogen (secondary N) is 1. The predicted molar refractivity (Wildman–Crippen MR) is 114 cm³/mol. The van der Waals surface area contributed by atoms with Gasteiger partial charge in [-0.3, -0.25) is 9.59 Å². The fourth-order valence-corrected chi connectivity index (χ4v) is 3.08. The number of amides is 2. The lowest BCUT2D eigenvalue weighted by molar-refractivity contribution is -0.140. The Kier molecular flexibility index (Phi) is 8.06. The first-order valence-corrected chi connectivity index (χ1v) is 10.1. The van der Waals surface area contributed by atoms with Gasteiger partial charge in [-0.05, 0) is 50.5 Å². The number of nitrogens with zero attached hydrogens (tertiary/aromatic N) is 1. The molecule has 4 nitrogen and oxygen atoms in total. The highest BCUT2D eigenvalue weighted by Crippen LogP contribution is 2.16. The molecule has 2 atom stereocenters. The van der Waals surface area contributed by atoms with E-state index in [0.717, 1.165) is 23.1 Å². The summed E-state index contributed by atoms with van der Waals surface area (Å²) in [5, 5.41) is 3.59. The highest BCUT2D eigenvalue weighted by molar-refractivity contribution is 6.30. The van der Waals surface area contributed by atoms with Crippen molar-refractivity contribution in [2.24, 2.45) is 0 Å². The van der Waals surface area contributed by atoms with Gasteiger partial charge in [-0.1, -0.05) is 60.5 Å². The second kappa shape index (κ2) is 10.3. The van der Waals surface area contributed by atoms with Gasteiger partial charge in [0.25, 0.3) is 0 Å². The molecule has 0 saturated carbocycles. The van der Waals surface area contributed by atoms with Crippen molar-refractivity contribution in [2.45, 2.75) is 59.2 Å². The molecule has 0 aliphatic rings. The van der Waals surface area contributed by atoms with E-state index in [4.69, 9.17) is 11.6 Å². The minimum absolute atomic E-state index is 0.0650. The van der Waals surface area contributed by atoms with E-state index in [9.17, 15) is 9.59 Å². The largest absolute Gasteiger partial charge is 0.352 e. The Balaban J connectivity index is 2.22. The molecule has 0 radical (unpaired) electrons. The summed E-state index contributed by atoms with van der Waals surface area (Å²) >= 11 is 6.10. The zero-order valence-electron chi connectivity index (χ0n) is 17.0. The predicted octanol–water partition coefficient (Wildman–Crippen LogP) is 4.52. The third-order valence-corrected chi connectivity index (χ3v) is 5.12. The van der Waals surface area contributed by atoms with Gasteiger partial charge in [0.2, 0.25) is 11.8 Å². The van der Waals surface area contributed by atoms with E-state index >= 15 is 0 Å². The van der Waals surface area contributed by atoms with Crippen LogP contribution >= 0.6 is 11.6 Å². The second-order valence-electron chi connectivity index (χ2n) is 7.31. The minimum Gasteiger partial charge on any atom is -0.352 e. The van der Waals surface area contributed by atoms with Crippen molar-refractivity contribution in [3.05, 3.63) is 70.2 Å². The summed E-state index contributed by atoms with van der Waals surface area (Å²) in [6, 6.07) is 14.8. The van der Waals surface area contributed by atoms with Crippen molar-refractivity contribution < 1.29 is 9.59 Å². The maximum atomic E-state index is 13.1. The Morgan fingerprint density at radius 1 is 1.07 bits per heavy atom. The van der Waals surface area contributed by atoms with Crippen molar-refractivity contribution >= 4 is 23.4 Å². The molecule has 2 aromatic carbocycles. The zero-order valence-corrected chi connectivity index (χ0v) is 17.8. The molecule has 0 aliphatic heterocycles. The van der Waals surface area contributed by atoms with Gasteiger partial charge in [-0.15, -0.1) is 0 Å². The number of carbonyl (C=O) groups is 2. The third-order valence-electron chi connectivity index (χ3n) is 4.89. The first kappa shape index (κ1) is 22.0. The van der Waals surface area contributed by atoms with Gasteiger partial charge in [0.1, 0.15) is 6.04 Å². The van der Waals surface area contributed by atoms with Crippen molar-refractivity contribution in [2.75, 3.05) is 0 Å². The van der Waals surface area contributed by atoms with Crippen LogP contribution in [0.25, 0.3) is 0 Å². The number of halogens is 1. The van der Waals surface area contributed by atoms with Gasteiger partial charge in [-0.2, -0.15) is 0 Å². The molecule has 2 rings (SSSR count). The van der Waals surface area contributed by atoms with E-state index < -0.39 is 6.04 Å². The monoisotopic (exact) mass is 400 g/mol. The van der Waals surface area contributed by atoms with E-state index in [-0.39, 0.29) is 24.3 Å². The number of rotatable bonds is 8. The molecule has 0 unspecified atom stereocenters. The molecule has 1 N–H and O–H groups in total. The van der Waals surface area contributed by atoms with E-state index in [0.29, 0.717) is 11.6 Å². The lowest BCUT2D eigenvalue weighted by Crippen LogP contribution is -2.49. The fraction of sp³-hybridized carbons (Fsp3) is 0.391. The van der Waals surface area contributed by atoms with Crippen LogP contribution < -0.4 is 5.32 Å². The molecule has 0 bridgehead atoms. The van der Waals surface area contributed by atoms with E-state index in [1.165, 1.54) is 0 Å². The molecule has 0 fully saturated rings. The Labute approximate surface area is 172 Å². The molecular weight excluding hydrogens is 372 g/mol. The van der Waals surface area contributed by atoms with Crippen molar-refractivity contribution in [3.63, 3.8) is 0 Å². The summed E-state index contributed by atoms with van der Waals surface area (Å²) in [5.74, 6) is -0.232. The molecule has 2 amide bonds. The van der Waals surface area contributed by atoms with Gasteiger partial charge in [-0.25, -0.2) is 0 Å². The Hall–Kier alpha value is -2.33. The molecule has 150 valence electrons. The quantitative estimate of drug-likeness (QED) is 0.708. The number of carbonyl (C=O) groups excluding carboxylic acids is 2. The lowest BCUT2D eigenvalue weighted by Gasteiger charge is -2.30. The normalized spacial score (nSPS) is 12.9. The maximum absolute atomic E-state index is 13.1. The molecule has 0 saturated heterocycles. The average Bonchev–Trinajstić information content (AvgIpc) is 2.67. The van der Waals surface area contributed by atoms with Crippen LogP contribution in [0.2, 0.25) is 5.02 Å². The van der Waals surface area contributed by atoms with Crippen LogP contribution in [0.4, 0.5) is 0 Å². The van der Waals surface area contributed by atoms with Crippen LogP contribution in [0.15, 0.2) is 48.5 Å². The zero-order chi connectivity index (χ0) is 20.7. The van der Waals surface area contributed by atoms with Crippen LogP contribution in [-0.4, -0.2) is 28.8 Å². The van der Waals surface area contributed by atoms with E-state index in [2.05, 4.69) is 5.32 Å². The van der Waals surface area contributed by atoms with Crippen LogP contribution in [0.3, 0.4) is 0 Å². The number of benzene rings is 2. The lowest BCUT2D eigenvalue weighted by atomic mass is 10.1. The summed E-state index contributed by atoms with van der Waals surface area (Å²) in [4.78, 5) is 27.4. The highest BCUT2D eigenvalue weighted by atomic mass is 35.5. The summed E-state index contributed by atoms with van der Waals surface area (Å²) in [7, 11) is 0. The summed E-state index contributed by atoms with van der Waals surface area (Å²) in [6.45, 7) is 8.09. The van der Waals surface area contributed by atoms with Gasteiger partial charge in [0.05, 0.1) is 6.42 Å². The Morgan fingerprint density at radius 3 is 2.36 bits per heavy atom. The maximum Gasteiger partial charge on any atom is 0.242 e. The Morgan fingerprint density at radius 2 is 1.75 bits per heavy atom. The van der Waals surface area contributed by atoms with Crippen LogP contribution in [0.1, 0.15) is 43.9 Å². The molecule has 0 heterocycles. The summed E-state index contributed by atoms with van der Waals surface area (Å²) in [6.07, 6.45) is 1.09. The van der Waals surface area contributed by atoms with E-state index in [1.54, 1.807) is 17.9 Å². The fourth-order valence-electron chi connectivity index (χ4n) is 2.86. The first-order valence-electron chi connectivity index (χ1n) is 9.70.